The van der Waals surface area contributed by atoms with Crippen LogP contribution in [0.15, 0.2) is 16.8 Å². The van der Waals surface area contributed by atoms with Crippen molar-refractivity contribution in [1.82, 2.24) is 0 Å². The van der Waals surface area contributed by atoms with Crippen molar-refractivity contribution in [2.24, 2.45) is 0 Å². The quantitative estimate of drug-likeness (QED) is 0.290. The molecule has 0 spiro atoms. The fourth-order valence-electron chi connectivity index (χ4n) is 2.21. The Balaban J connectivity index is 2.39. The minimum absolute atomic E-state index is 0.0485. The van der Waals surface area contributed by atoms with Gasteiger partial charge in [-0.15, -0.1) is 0 Å². The Kier molecular flexibility index (Phi) is 7.23. The molecular weight excluding hydrogens is 383 g/mol. The Labute approximate surface area is 143 Å². The standard InChI is InChI=1S/C15H17F9S/c16-12(17,13(18,19)14(20,21)15(22,23)24)8-5-3-1-2-4-6-11-7-9-25-10-11/h7,9-10H,1-6,8H2. The number of hydrogen-bond donors (Lipinski definition) is 0. The van der Waals surface area contributed by atoms with E-state index in [1.54, 1.807) is 0 Å². The van der Waals surface area contributed by atoms with E-state index in [4.69, 9.17) is 0 Å². The van der Waals surface area contributed by atoms with Gasteiger partial charge in [0, 0.05) is 6.42 Å². The molecule has 0 nitrogen and oxygen atoms in total. The highest BCUT2D eigenvalue weighted by molar-refractivity contribution is 7.07. The molecule has 10 heteroatoms. The highest BCUT2D eigenvalue weighted by Crippen LogP contribution is 2.54. The predicted octanol–water partition coefficient (Wildman–Crippen LogP) is 7.10. The van der Waals surface area contributed by atoms with Gasteiger partial charge >= 0.3 is 23.9 Å². The molecule has 146 valence electrons. The molecule has 0 unspecified atom stereocenters. The third-order valence-electron chi connectivity index (χ3n) is 3.75. The largest absolute Gasteiger partial charge is 0.460 e. The average molecular weight is 400 g/mol. The summed E-state index contributed by atoms with van der Waals surface area (Å²) in [5, 5.41) is 3.85. The second kappa shape index (κ2) is 8.18. The summed E-state index contributed by atoms with van der Waals surface area (Å²) in [5.74, 6) is -18.7. The molecule has 0 aliphatic carbocycles. The summed E-state index contributed by atoms with van der Waals surface area (Å²) in [6, 6.07) is 1.92. The normalized spacial score (nSPS) is 14.1. The van der Waals surface area contributed by atoms with Gasteiger partial charge in [-0.25, -0.2) is 0 Å². The lowest BCUT2D eigenvalue weighted by Gasteiger charge is -2.33. The van der Waals surface area contributed by atoms with E-state index in [1.807, 2.05) is 16.8 Å². The summed E-state index contributed by atoms with van der Waals surface area (Å²) in [6.45, 7) is 0. The van der Waals surface area contributed by atoms with Crippen LogP contribution in [0, 0.1) is 0 Å². The number of alkyl halides is 9. The molecule has 0 atom stereocenters. The Morgan fingerprint density at radius 3 is 1.80 bits per heavy atom. The average Bonchev–Trinajstić information content (AvgIpc) is 2.97. The van der Waals surface area contributed by atoms with Crippen LogP contribution in [-0.4, -0.2) is 23.9 Å². The van der Waals surface area contributed by atoms with Crippen molar-refractivity contribution in [3.63, 3.8) is 0 Å². The van der Waals surface area contributed by atoms with Crippen LogP contribution in [0.3, 0.4) is 0 Å². The van der Waals surface area contributed by atoms with Crippen LogP contribution in [0.4, 0.5) is 39.5 Å². The van der Waals surface area contributed by atoms with Gasteiger partial charge in [-0.05, 0) is 41.7 Å². The van der Waals surface area contributed by atoms with E-state index in [-0.39, 0.29) is 6.42 Å². The number of unbranched alkanes of at least 4 members (excludes halogenated alkanes) is 4. The Hall–Kier alpha value is -0.930. The summed E-state index contributed by atoms with van der Waals surface area (Å²) < 4.78 is 114. The Morgan fingerprint density at radius 1 is 0.720 bits per heavy atom. The third-order valence-corrected chi connectivity index (χ3v) is 4.48. The van der Waals surface area contributed by atoms with Crippen molar-refractivity contribution in [2.75, 3.05) is 0 Å². The minimum atomic E-state index is -6.79. The van der Waals surface area contributed by atoms with Crippen molar-refractivity contribution in [1.29, 1.82) is 0 Å². The molecule has 1 heterocycles. The SMILES string of the molecule is FC(F)(F)C(F)(F)C(F)(F)C(F)(F)CCCCCCCc1ccsc1. The van der Waals surface area contributed by atoms with Gasteiger partial charge in [-0.1, -0.05) is 19.3 Å². The molecule has 0 aliphatic rings. The molecule has 0 aromatic carbocycles. The van der Waals surface area contributed by atoms with Gasteiger partial charge in [0.25, 0.3) is 0 Å². The van der Waals surface area contributed by atoms with Gasteiger partial charge in [-0.3, -0.25) is 0 Å². The number of halogens is 9. The lowest BCUT2D eigenvalue weighted by Crippen LogP contribution is -2.60. The van der Waals surface area contributed by atoms with Gasteiger partial charge in [0.15, 0.2) is 0 Å². The van der Waals surface area contributed by atoms with Crippen molar-refractivity contribution in [3.8, 4) is 0 Å². The van der Waals surface area contributed by atoms with Crippen LogP contribution >= 0.6 is 11.3 Å². The van der Waals surface area contributed by atoms with Crippen LogP contribution in [0.5, 0.6) is 0 Å². The molecular formula is C15H17F9S. The first-order valence-electron chi connectivity index (χ1n) is 7.54. The highest BCUT2D eigenvalue weighted by Gasteiger charge is 2.81. The number of rotatable bonds is 10. The zero-order valence-electron chi connectivity index (χ0n) is 13.0. The molecule has 0 N–H and O–H groups in total. The van der Waals surface area contributed by atoms with E-state index in [9.17, 15) is 39.5 Å². The van der Waals surface area contributed by atoms with E-state index in [1.165, 1.54) is 11.3 Å². The lowest BCUT2D eigenvalue weighted by atomic mass is 9.97. The van der Waals surface area contributed by atoms with Crippen molar-refractivity contribution in [3.05, 3.63) is 22.4 Å². The molecule has 0 saturated carbocycles. The fraction of sp³-hybridized carbons (Fsp3) is 0.733. The number of thiophene rings is 1. The zero-order valence-corrected chi connectivity index (χ0v) is 13.8. The second-order valence-electron chi connectivity index (χ2n) is 5.75. The highest BCUT2D eigenvalue weighted by atomic mass is 32.1. The maximum Gasteiger partial charge on any atom is 0.460 e. The molecule has 0 saturated heterocycles. The van der Waals surface area contributed by atoms with Crippen molar-refractivity contribution in [2.45, 2.75) is 68.9 Å². The van der Waals surface area contributed by atoms with Gasteiger partial charge < -0.3 is 0 Å². The second-order valence-corrected chi connectivity index (χ2v) is 6.53. The monoisotopic (exact) mass is 400 g/mol. The molecule has 1 rings (SSSR count). The smallest absolute Gasteiger partial charge is 0.200 e. The molecule has 0 amide bonds. The fourth-order valence-corrected chi connectivity index (χ4v) is 2.91. The lowest BCUT2D eigenvalue weighted by molar-refractivity contribution is -0.396. The first kappa shape index (κ1) is 22.1. The maximum absolute atomic E-state index is 13.3. The molecule has 0 fully saturated rings. The molecule has 25 heavy (non-hydrogen) atoms. The van der Waals surface area contributed by atoms with E-state index in [0.717, 1.165) is 18.4 Å². The van der Waals surface area contributed by atoms with Crippen LogP contribution in [-0.2, 0) is 6.42 Å². The zero-order chi connectivity index (χ0) is 19.4. The van der Waals surface area contributed by atoms with Crippen molar-refractivity contribution < 1.29 is 39.5 Å². The maximum atomic E-state index is 13.3. The first-order valence-corrected chi connectivity index (χ1v) is 8.48. The van der Waals surface area contributed by atoms with Gasteiger partial charge in [0.1, 0.15) is 0 Å². The Morgan fingerprint density at radius 2 is 1.28 bits per heavy atom. The van der Waals surface area contributed by atoms with Gasteiger partial charge in [-0.2, -0.15) is 50.9 Å². The first-order chi connectivity index (χ1) is 11.3. The summed E-state index contributed by atoms with van der Waals surface area (Å²) in [4.78, 5) is 0. The third kappa shape index (κ3) is 5.27. The van der Waals surface area contributed by atoms with E-state index < -0.39 is 36.8 Å². The molecule has 1 aromatic heterocycles. The van der Waals surface area contributed by atoms with Crippen LogP contribution in [0.25, 0.3) is 0 Å². The predicted molar refractivity (Wildman–Crippen MR) is 76.6 cm³/mol. The number of aryl methyl sites for hydroxylation is 1. The van der Waals surface area contributed by atoms with Crippen LogP contribution in [0.1, 0.15) is 44.1 Å². The molecule has 0 aliphatic heterocycles. The Bertz CT molecular complexity index is 506. The van der Waals surface area contributed by atoms with E-state index >= 15 is 0 Å². The van der Waals surface area contributed by atoms with E-state index in [2.05, 4.69) is 0 Å². The molecule has 0 radical (unpaired) electrons. The molecule has 1 aromatic rings. The minimum Gasteiger partial charge on any atom is -0.200 e. The van der Waals surface area contributed by atoms with Gasteiger partial charge in [0.05, 0.1) is 0 Å². The van der Waals surface area contributed by atoms with Crippen LogP contribution < -0.4 is 0 Å². The molecule has 0 bridgehead atoms. The van der Waals surface area contributed by atoms with Crippen molar-refractivity contribution >= 4 is 11.3 Å². The number of hydrogen-bond acceptors (Lipinski definition) is 1. The van der Waals surface area contributed by atoms with Crippen LogP contribution in [0.2, 0.25) is 0 Å². The summed E-state index contributed by atoms with van der Waals surface area (Å²) in [5.41, 5.74) is 1.12. The topological polar surface area (TPSA) is 0 Å². The van der Waals surface area contributed by atoms with E-state index in [0.29, 0.717) is 12.8 Å². The summed E-state index contributed by atoms with van der Waals surface area (Å²) in [7, 11) is 0. The summed E-state index contributed by atoms with van der Waals surface area (Å²) in [6.07, 6.45) is -6.44. The van der Waals surface area contributed by atoms with Gasteiger partial charge in [0.2, 0.25) is 0 Å². The summed E-state index contributed by atoms with van der Waals surface area (Å²) >= 11 is 1.52.